The Morgan fingerprint density at radius 2 is 1.70 bits per heavy atom. The minimum Gasteiger partial charge on any atom is -0.493 e. The quantitative estimate of drug-likeness (QED) is 0.232. The van der Waals surface area contributed by atoms with E-state index in [-0.39, 0.29) is 48.9 Å². The van der Waals surface area contributed by atoms with Crippen molar-refractivity contribution in [2.45, 2.75) is 82.3 Å². The Bertz CT molecular complexity index is 1570. The van der Waals surface area contributed by atoms with E-state index in [1.54, 1.807) is 6.07 Å². The number of benzene rings is 2. The molecule has 2 aliphatic carbocycles. The van der Waals surface area contributed by atoms with Gasteiger partial charge in [-0.05, 0) is 113 Å². The van der Waals surface area contributed by atoms with Crippen molar-refractivity contribution >= 4 is 27.6 Å². The van der Waals surface area contributed by atoms with E-state index in [0.29, 0.717) is 24.9 Å². The van der Waals surface area contributed by atoms with E-state index in [0.717, 1.165) is 49.3 Å². The van der Waals surface area contributed by atoms with Gasteiger partial charge < -0.3 is 14.9 Å². The van der Waals surface area contributed by atoms with Crippen molar-refractivity contribution < 1.29 is 49.5 Å². The van der Waals surface area contributed by atoms with Crippen LogP contribution in [0.5, 0.6) is 5.75 Å². The van der Waals surface area contributed by atoms with Gasteiger partial charge in [0.2, 0.25) is 0 Å². The molecule has 3 fully saturated rings. The number of nitrogens with one attached hydrogen (secondary N) is 1. The van der Waals surface area contributed by atoms with Gasteiger partial charge >= 0.3 is 18.1 Å². The molecule has 5 rings (SSSR count). The lowest BCUT2D eigenvalue weighted by atomic mass is 9.97. The number of likely N-dealkylation sites (tertiary alicyclic amines) is 1. The average Bonchev–Trinajstić information content (AvgIpc) is 3.89. The third kappa shape index (κ3) is 8.08. The third-order valence-corrected chi connectivity index (χ3v) is 10.2. The molecular weight excluding hydrogens is 637 g/mol. The summed E-state index contributed by atoms with van der Waals surface area (Å²) in [5.74, 6) is -6.01. The van der Waals surface area contributed by atoms with Crippen molar-refractivity contribution in [1.82, 2.24) is 9.37 Å². The lowest BCUT2D eigenvalue weighted by molar-refractivity contribution is -0.217. The van der Waals surface area contributed by atoms with Crippen molar-refractivity contribution in [3.8, 4) is 5.75 Å². The van der Waals surface area contributed by atoms with Gasteiger partial charge in [0.25, 0.3) is 10.0 Å². The summed E-state index contributed by atoms with van der Waals surface area (Å²) in [5.41, 5.74) is 1.32. The SMILES string of the molecule is CC(C)Nc1ccc(F)cc1CN1CCC(COc2cc(F)c(C(=O)N(OC(=O)C(F)(F)F)S(=O)(=O)C3CC3)cc2C2CC2)CC1. The van der Waals surface area contributed by atoms with E-state index in [9.17, 15) is 35.6 Å². The number of hydrogen-bond donors (Lipinski definition) is 1. The first-order valence-electron chi connectivity index (χ1n) is 15.2. The highest BCUT2D eigenvalue weighted by Crippen LogP contribution is 2.46. The number of nitrogens with zero attached hydrogens (tertiary/aromatic N) is 2. The number of hydroxylamine groups is 1. The van der Waals surface area contributed by atoms with Crippen LogP contribution in [0.25, 0.3) is 0 Å². The predicted molar refractivity (Wildman–Crippen MR) is 157 cm³/mol. The van der Waals surface area contributed by atoms with Crippen molar-refractivity contribution in [1.29, 1.82) is 0 Å². The lowest BCUT2D eigenvalue weighted by Gasteiger charge is -2.32. The van der Waals surface area contributed by atoms with Crippen molar-refractivity contribution in [2.75, 3.05) is 25.0 Å². The topological polar surface area (TPSA) is 105 Å². The van der Waals surface area contributed by atoms with Gasteiger partial charge in [-0.2, -0.15) is 13.2 Å². The van der Waals surface area contributed by atoms with Gasteiger partial charge in [-0.1, -0.05) is 4.47 Å². The van der Waals surface area contributed by atoms with Crippen LogP contribution in [-0.4, -0.2) is 66.8 Å². The summed E-state index contributed by atoms with van der Waals surface area (Å²) in [6.45, 7) is 6.28. The third-order valence-electron chi connectivity index (χ3n) is 8.17. The van der Waals surface area contributed by atoms with Crippen molar-refractivity contribution in [2.24, 2.45) is 5.92 Å². The molecule has 9 nitrogen and oxygen atoms in total. The van der Waals surface area contributed by atoms with Gasteiger partial charge in [0.15, 0.2) is 0 Å². The zero-order valence-electron chi connectivity index (χ0n) is 25.4. The summed E-state index contributed by atoms with van der Waals surface area (Å²) in [5, 5.41) is 2.13. The molecule has 15 heteroatoms. The highest BCUT2D eigenvalue weighted by atomic mass is 32.2. The molecule has 46 heavy (non-hydrogen) atoms. The maximum Gasteiger partial charge on any atom is 0.493 e. The fraction of sp³-hybridized carbons (Fsp3) is 0.548. The average molecular weight is 674 g/mol. The highest BCUT2D eigenvalue weighted by Gasteiger charge is 2.50. The minimum absolute atomic E-state index is 0.0539. The largest absolute Gasteiger partial charge is 0.493 e. The van der Waals surface area contributed by atoms with Crippen LogP contribution >= 0.6 is 0 Å². The molecule has 252 valence electrons. The van der Waals surface area contributed by atoms with Gasteiger partial charge in [0.05, 0.1) is 17.4 Å². The number of hydrogen-bond acceptors (Lipinski definition) is 8. The molecule has 2 aromatic rings. The minimum atomic E-state index is -5.59. The predicted octanol–water partition coefficient (Wildman–Crippen LogP) is 5.91. The van der Waals surface area contributed by atoms with E-state index in [4.69, 9.17) is 4.74 Å². The number of carbonyl (C=O) groups excluding carboxylic acids is 2. The summed E-state index contributed by atoms with van der Waals surface area (Å²) in [6.07, 6.45) is -2.58. The van der Waals surface area contributed by atoms with Crippen LogP contribution in [0, 0.1) is 17.6 Å². The van der Waals surface area contributed by atoms with E-state index in [2.05, 4.69) is 15.1 Å². The standard InChI is InChI=1S/C31H36F5N3O6S/c1-18(2)37-27-8-5-22(32)13-21(27)16-38-11-9-19(10-12-38)17-44-28-15-26(33)25(14-24(28)20-3-4-20)29(40)39(45-30(41)31(34,35)36)46(42,43)23-6-7-23/h5,8,13-15,18-20,23,37H,3-4,6-7,9-12,16-17H2,1-2H3. The van der Waals surface area contributed by atoms with Crippen LogP contribution < -0.4 is 10.1 Å². The monoisotopic (exact) mass is 673 g/mol. The number of amides is 1. The second kappa shape index (κ2) is 13.3. The zero-order chi connectivity index (χ0) is 33.4. The summed E-state index contributed by atoms with van der Waals surface area (Å²) >= 11 is 0. The molecule has 0 atom stereocenters. The summed E-state index contributed by atoms with van der Waals surface area (Å²) in [4.78, 5) is 30.9. The molecule has 1 aliphatic heterocycles. The Hall–Kier alpha value is -3.46. The molecule has 2 saturated carbocycles. The zero-order valence-corrected chi connectivity index (χ0v) is 26.2. The highest BCUT2D eigenvalue weighted by molar-refractivity contribution is 7.90. The normalized spacial score (nSPS) is 18.0. The molecule has 1 saturated heterocycles. The molecule has 0 bridgehead atoms. The van der Waals surface area contributed by atoms with Gasteiger partial charge in [0, 0.05) is 24.3 Å². The number of carbonyl (C=O) groups is 2. The second-order valence-electron chi connectivity index (χ2n) is 12.4. The summed E-state index contributed by atoms with van der Waals surface area (Å²) in [7, 11) is -4.82. The fourth-order valence-corrected chi connectivity index (χ4v) is 6.92. The van der Waals surface area contributed by atoms with E-state index in [1.165, 1.54) is 12.1 Å². The Balaban J connectivity index is 1.25. The summed E-state index contributed by atoms with van der Waals surface area (Å²) < 4.78 is 98.9. The number of sulfonamides is 1. The molecule has 2 aromatic carbocycles. The van der Waals surface area contributed by atoms with Crippen LogP contribution in [0.4, 0.5) is 27.6 Å². The molecule has 0 unspecified atom stereocenters. The van der Waals surface area contributed by atoms with Gasteiger partial charge in [-0.15, -0.1) is 0 Å². The van der Waals surface area contributed by atoms with Crippen molar-refractivity contribution in [3.05, 3.63) is 58.7 Å². The molecule has 1 amide bonds. The van der Waals surface area contributed by atoms with Crippen LogP contribution in [0.3, 0.4) is 0 Å². The molecule has 1 heterocycles. The van der Waals surface area contributed by atoms with Gasteiger partial charge in [-0.3, -0.25) is 9.69 Å². The molecular formula is C31H36F5N3O6S. The summed E-state index contributed by atoms with van der Waals surface area (Å²) in [6, 6.07) is 6.88. The smallest absolute Gasteiger partial charge is 0.493 e. The number of halogens is 5. The van der Waals surface area contributed by atoms with E-state index >= 15 is 4.39 Å². The molecule has 1 N–H and O–H groups in total. The second-order valence-corrected chi connectivity index (χ2v) is 14.5. The lowest BCUT2D eigenvalue weighted by Crippen LogP contribution is -2.44. The Morgan fingerprint density at radius 3 is 2.28 bits per heavy atom. The van der Waals surface area contributed by atoms with Crippen LogP contribution in [0.2, 0.25) is 0 Å². The first-order valence-corrected chi connectivity index (χ1v) is 16.7. The van der Waals surface area contributed by atoms with E-state index in [1.807, 2.05) is 13.8 Å². The molecule has 0 spiro atoms. The number of alkyl halides is 3. The number of rotatable bonds is 11. The molecule has 0 aromatic heterocycles. The first kappa shape index (κ1) is 33.9. The maximum absolute atomic E-state index is 15.3. The molecule has 0 radical (unpaired) electrons. The van der Waals surface area contributed by atoms with Crippen molar-refractivity contribution in [3.63, 3.8) is 0 Å². The maximum atomic E-state index is 15.3. The number of piperidine rings is 1. The van der Waals surface area contributed by atoms with Crippen LogP contribution in [-0.2, 0) is 26.2 Å². The first-order chi connectivity index (χ1) is 21.6. The Kier molecular flexibility index (Phi) is 9.83. The van der Waals surface area contributed by atoms with Gasteiger partial charge in [0.1, 0.15) is 17.4 Å². The Morgan fingerprint density at radius 1 is 1.02 bits per heavy atom. The Labute approximate surface area is 264 Å². The van der Waals surface area contributed by atoms with Crippen LogP contribution in [0.15, 0.2) is 30.3 Å². The van der Waals surface area contributed by atoms with Gasteiger partial charge in [-0.25, -0.2) is 22.0 Å². The van der Waals surface area contributed by atoms with Crippen LogP contribution in [0.1, 0.15) is 79.8 Å². The fourth-order valence-electron chi connectivity index (χ4n) is 5.41. The van der Waals surface area contributed by atoms with E-state index < -0.39 is 49.2 Å². The number of ether oxygens (including phenoxy) is 1. The molecule has 3 aliphatic rings. The number of anilines is 1.